The third-order valence-corrected chi connectivity index (χ3v) is 2.46. The molecule has 0 aliphatic carbocycles. The summed E-state index contributed by atoms with van der Waals surface area (Å²) in [4.78, 5) is 14.8. The van der Waals surface area contributed by atoms with Gasteiger partial charge in [-0.25, -0.2) is 9.78 Å². The Morgan fingerprint density at radius 1 is 1.77 bits per heavy atom. The zero-order chi connectivity index (χ0) is 10.0. The van der Waals surface area contributed by atoms with Crippen molar-refractivity contribution in [1.29, 1.82) is 0 Å². The molecule has 0 unspecified atom stereocenters. The van der Waals surface area contributed by atoms with Crippen LogP contribution in [0.2, 0.25) is 5.15 Å². The number of ether oxygens (including phenoxy) is 1. The first-order valence-corrected chi connectivity index (χ1v) is 4.43. The molecule has 1 heterocycles. The number of pyridine rings is 1. The monoisotopic (exact) mass is 264 g/mol. The smallest absolute Gasteiger partial charge is 0.358 e. The summed E-state index contributed by atoms with van der Waals surface area (Å²) in [7, 11) is 1.25. The number of methoxy groups -OCH3 is 1. The summed E-state index contributed by atoms with van der Waals surface area (Å²) in [5.74, 6) is -0.605. The van der Waals surface area contributed by atoms with Gasteiger partial charge in [0, 0.05) is 0 Å². The zero-order valence-electron chi connectivity index (χ0n) is 6.67. The molecule has 0 aliphatic rings. The van der Waals surface area contributed by atoms with Crippen molar-refractivity contribution in [2.24, 2.45) is 0 Å². The molecular weight excluding hydrogens is 259 g/mol. The number of esters is 1. The Bertz CT molecular complexity index is 357. The van der Waals surface area contributed by atoms with Crippen LogP contribution in [-0.2, 0) is 4.74 Å². The average Bonchev–Trinajstić information content (AvgIpc) is 2.10. The number of carbonyl (C=O) groups excluding carboxylic acids is 1. The van der Waals surface area contributed by atoms with E-state index in [-0.39, 0.29) is 16.5 Å². The van der Waals surface area contributed by atoms with Crippen LogP contribution in [-0.4, -0.2) is 18.1 Å². The molecule has 0 amide bonds. The van der Waals surface area contributed by atoms with E-state index in [0.29, 0.717) is 4.47 Å². The minimum absolute atomic E-state index is 0.0238. The van der Waals surface area contributed by atoms with E-state index in [2.05, 4.69) is 25.7 Å². The van der Waals surface area contributed by atoms with Gasteiger partial charge in [-0.3, -0.25) is 0 Å². The number of nitrogen functional groups attached to an aromatic ring is 1. The fourth-order valence-electron chi connectivity index (χ4n) is 0.741. The number of aromatic nitrogens is 1. The number of nitrogens with two attached hydrogens (primary N) is 1. The summed E-state index contributed by atoms with van der Waals surface area (Å²) >= 11 is 8.79. The highest BCUT2D eigenvalue weighted by Gasteiger charge is 2.14. The molecule has 70 valence electrons. The molecule has 1 rings (SSSR count). The fourth-order valence-corrected chi connectivity index (χ4v) is 1.22. The first-order valence-electron chi connectivity index (χ1n) is 3.26. The van der Waals surface area contributed by atoms with E-state index in [1.54, 1.807) is 0 Å². The van der Waals surface area contributed by atoms with Crippen LogP contribution in [0.4, 0.5) is 5.69 Å². The van der Waals surface area contributed by atoms with E-state index in [4.69, 9.17) is 17.3 Å². The van der Waals surface area contributed by atoms with Crippen LogP contribution < -0.4 is 5.73 Å². The number of anilines is 1. The van der Waals surface area contributed by atoms with Gasteiger partial charge < -0.3 is 10.5 Å². The molecule has 0 saturated carbocycles. The van der Waals surface area contributed by atoms with E-state index < -0.39 is 5.97 Å². The Morgan fingerprint density at radius 2 is 2.38 bits per heavy atom. The first-order chi connectivity index (χ1) is 6.06. The number of carbonyl (C=O) groups is 1. The van der Waals surface area contributed by atoms with Crippen molar-refractivity contribution >= 4 is 39.2 Å². The van der Waals surface area contributed by atoms with Gasteiger partial charge in [0.1, 0.15) is 5.15 Å². The Labute approximate surface area is 88.2 Å². The predicted octanol–water partition coefficient (Wildman–Crippen LogP) is 1.87. The normalized spacial score (nSPS) is 9.77. The summed E-state index contributed by atoms with van der Waals surface area (Å²) in [6.45, 7) is 0. The Morgan fingerprint density at radius 3 is 2.92 bits per heavy atom. The second kappa shape index (κ2) is 3.93. The maximum atomic E-state index is 11.1. The standard InChI is InChI=1S/C7H6BrClN2O2/c1-13-7(12)5-4(10)2-3(8)6(9)11-5/h2H,10H2,1H3. The van der Waals surface area contributed by atoms with Crippen LogP contribution in [0.1, 0.15) is 10.5 Å². The van der Waals surface area contributed by atoms with Crippen molar-refractivity contribution in [3.8, 4) is 0 Å². The van der Waals surface area contributed by atoms with Gasteiger partial charge in [0.15, 0.2) is 5.69 Å². The van der Waals surface area contributed by atoms with Gasteiger partial charge in [0.25, 0.3) is 0 Å². The quantitative estimate of drug-likeness (QED) is 0.622. The number of halogens is 2. The van der Waals surface area contributed by atoms with Gasteiger partial charge in [0.05, 0.1) is 17.3 Å². The molecule has 4 nitrogen and oxygen atoms in total. The minimum Gasteiger partial charge on any atom is -0.464 e. The van der Waals surface area contributed by atoms with Crippen LogP contribution in [0, 0.1) is 0 Å². The van der Waals surface area contributed by atoms with Crippen LogP contribution in [0.15, 0.2) is 10.5 Å². The lowest BCUT2D eigenvalue weighted by Crippen LogP contribution is -2.08. The lowest BCUT2D eigenvalue weighted by Gasteiger charge is -2.03. The molecule has 2 N–H and O–H groups in total. The summed E-state index contributed by atoms with van der Waals surface area (Å²) in [5.41, 5.74) is 5.76. The van der Waals surface area contributed by atoms with Gasteiger partial charge in [-0.05, 0) is 22.0 Å². The van der Waals surface area contributed by atoms with Gasteiger partial charge in [-0.15, -0.1) is 0 Å². The van der Waals surface area contributed by atoms with E-state index in [9.17, 15) is 4.79 Å². The van der Waals surface area contributed by atoms with Crippen LogP contribution >= 0.6 is 27.5 Å². The number of hydrogen-bond acceptors (Lipinski definition) is 4. The van der Waals surface area contributed by atoms with Crippen molar-refractivity contribution in [3.63, 3.8) is 0 Å². The van der Waals surface area contributed by atoms with Crippen molar-refractivity contribution < 1.29 is 9.53 Å². The van der Waals surface area contributed by atoms with Gasteiger partial charge in [-0.2, -0.15) is 0 Å². The van der Waals surface area contributed by atoms with Crippen molar-refractivity contribution in [2.45, 2.75) is 0 Å². The number of nitrogens with zero attached hydrogens (tertiary/aromatic N) is 1. The van der Waals surface area contributed by atoms with E-state index >= 15 is 0 Å². The maximum absolute atomic E-state index is 11.1. The molecule has 0 spiro atoms. The molecule has 0 fully saturated rings. The van der Waals surface area contributed by atoms with Gasteiger partial charge >= 0.3 is 5.97 Å². The molecular formula is C7H6BrClN2O2. The molecule has 0 atom stereocenters. The van der Waals surface area contributed by atoms with Crippen molar-refractivity contribution in [1.82, 2.24) is 4.98 Å². The highest BCUT2D eigenvalue weighted by atomic mass is 79.9. The molecule has 1 aromatic heterocycles. The molecule has 0 bridgehead atoms. The summed E-state index contributed by atoms with van der Waals surface area (Å²) in [6, 6.07) is 1.50. The second-order valence-electron chi connectivity index (χ2n) is 2.19. The molecule has 0 aliphatic heterocycles. The summed E-state index contributed by atoms with van der Waals surface area (Å²) < 4.78 is 5.00. The SMILES string of the molecule is COC(=O)c1nc(Cl)c(Br)cc1N. The van der Waals surface area contributed by atoms with Crippen LogP contribution in [0.5, 0.6) is 0 Å². The summed E-state index contributed by atoms with van der Waals surface area (Å²) in [6.07, 6.45) is 0. The first kappa shape index (κ1) is 10.3. The molecule has 0 saturated heterocycles. The largest absolute Gasteiger partial charge is 0.464 e. The van der Waals surface area contributed by atoms with Gasteiger partial charge in [0.2, 0.25) is 0 Å². The van der Waals surface area contributed by atoms with E-state index in [1.807, 2.05) is 0 Å². The highest BCUT2D eigenvalue weighted by Crippen LogP contribution is 2.24. The topological polar surface area (TPSA) is 65.2 Å². The fraction of sp³-hybridized carbons (Fsp3) is 0.143. The average molecular weight is 265 g/mol. The third-order valence-electron chi connectivity index (χ3n) is 1.34. The predicted molar refractivity (Wildman–Crippen MR) is 52.7 cm³/mol. The molecule has 0 aromatic carbocycles. The Hall–Kier alpha value is -0.810. The highest BCUT2D eigenvalue weighted by molar-refractivity contribution is 9.10. The van der Waals surface area contributed by atoms with Crippen molar-refractivity contribution in [2.75, 3.05) is 12.8 Å². The third kappa shape index (κ3) is 2.10. The molecule has 6 heteroatoms. The number of rotatable bonds is 1. The summed E-state index contributed by atoms with van der Waals surface area (Å²) in [5, 5.41) is 0.176. The molecule has 0 radical (unpaired) electrons. The van der Waals surface area contributed by atoms with Crippen LogP contribution in [0.25, 0.3) is 0 Å². The molecule has 13 heavy (non-hydrogen) atoms. The number of hydrogen-bond donors (Lipinski definition) is 1. The van der Waals surface area contributed by atoms with Gasteiger partial charge in [-0.1, -0.05) is 11.6 Å². The molecule has 1 aromatic rings. The Kier molecular flexibility index (Phi) is 3.11. The van der Waals surface area contributed by atoms with Crippen molar-refractivity contribution in [3.05, 3.63) is 21.4 Å². The zero-order valence-corrected chi connectivity index (χ0v) is 9.02. The van der Waals surface area contributed by atoms with E-state index in [1.165, 1.54) is 13.2 Å². The maximum Gasteiger partial charge on any atom is 0.358 e. The van der Waals surface area contributed by atoms with E-state index in [0.717, 1.165) is 0 Å². The lowest BCUT2D eigenvalue weighted by atomic mass is 10.3. The van der Waals surface area contributed by atoms with Crippen LogP contribution in [0.3, 0.4) is 0 Å². The lowest BCUT2D eigenvalue weighted by molar-refractivity contribution is 0.0595. The second-order valence-corrected chi connectivity index (χ2v) is 3.40. The Balaban J connectivity index is 3.23. The minimum atomic E-state index is -0.605.